The summed E-state index contributed by atoms with van der Waals surface area (Å²) in [4.78, 5) is 1.97. The molecule has 9 heteroatoms. The lowest BCUT2D eigenvalue weighted by Gasteiger charge is -2.26. The van der Waals surface area contributed by atoms with Gasteiger partial charge in [-0.3, -0.25) is 9.62 Å². The van der Waals surface area contributed by atoms with Crippen molar-refractivity contribution in [1.29, 1.82) is 0 Å². The van der Waals surface area contributed by atoms with E-state index in [1.54, 1.807) is 0 Å². The van der Waals surface area contributed by atoms with Gasteiger partial charge in [-0.15, -0.1) is 0 Å². The van der Waals surface area contributed by atoms with Crippen molar-refractivity contribution >= 4 is 15.7 Å². The van der Waals surface area contributed by atoms with E-state index in [9.17, 15) is 21.6 Å². The highest BCUT2D eigenvalue weighted by molar-refractivity contribution is 7.92. The van der Waals surface area contributed by atoms with E-state index in [1.165, 1.54) is 0 Å². The molecule has 2 N–H and O–H groups in total. The number of hydrogen-bond acceptors (Lipinski definition) is 4. The Balaban J connectivity index is 1.97. The fourth-order valence-electron chi connectivity index (χ4n) is 2.03. The van der Waals surface area contributed by atoms with Crippen LogP contribution in [0.3, 0.4) is 0 Å². The molecule has 0 bridgehead atoms. The molecule has 0 spiro atoms. The Morgan fingerprint density at radius 2 is 1.71 bits per heavy atom. The summed E-state index contributed by atoms with van der Waals surface area (Å²) < 4.78 is 64.6. The number of rotatable bonds is 5. The summed E-state index contributed by atoms with van der Waals surface area (Å²) in [7, 11) is -3.75. The maximum absolute atomic E-state index is 13.0. The third-order valence-corrected chi connectivity index (χ3v) is 4.41. The largest absolute Gasteiger partial charge is 0.314 e. The number of nitrogens with zero attached hydrogens (tertiary/aromatic N) is 1. The molecule has 0 aromatic heterocycles. The fraction of sp³-hybridized carbons (Fsp3) is 0.500. The zero-order valence-electron chi connectivity index (χ0n) is 11.2. The molecule has 1 saturated heterocycles. The SMILES string of the molecule is O=S(=O)(CCN1CCNCC1)Nc1cc(F)c(F)c(F)c1. The molecule has 0 amide bonds. The van der Waals surface area contributed by atoms with E-state index in [2.05, 4.69) is 5.32 Å². The molecule has 118 valence electrons. The zero-order chi connectivity index (χ0) is 15.5. The number of nitrogens with one attached hydrogen (secondary N) is 2. The number of piperazine rings is 1. The first-order chi connectivity index (χ1) is 9.87. The van der Waals surface area contributed by atoms with Crippen LogP contribution in [0.25, 0.3) is 0 Å². The fourth-order valence-corrected chi connectivity index (χ4v) is 3.11. The van der Waals surface area contributed by atoms with Crippen molar-refractivity contribution in [3.8, 4) is 0 Å². The minimum absolute atomic E-state index is 0.201. The molecule has 1 aromatic rings. The summed E-state index contributed by atoms with van der Waals surface area (Å²) in [6.07, 6.45) is 0. The number of hydrogen-bond donors (Lipinski definition) is 2. The van der Waals surface area contributed by atoms with Gasteiger partial charge in [-0.25, -0.2) is 21.6 Å². The minimum Gasteiger partial charge on any atom is -0.314 e. The zero-order valence-corrected chi connectivity index (χ0v) is 12.0. The van der Waals surface area contributed by atoms with Crippen LogP contribution in [0.1, 0.15) is 0 Å². The van der Waals surface area contributed by atoms with Gasteiger partial charge in [-0.05, 0) is 0 Å². The second-order valence-electron chi connectivity index (χ2n) is 4.77. The summed E-state index contributed by atoms with van der Waals surface area (Å²) in [5, 5.41) is 3.14. The van der Waals surface area contributed by atoms with Crippen molar-refractivity contribution in [2.75, 3.05) is 43.2 Å². The van der Waals surface area contributed by atoms with Crippen LogP contribution in [0.2, 0.25) is 0 Å². The number of sulfonamides is 1. The van der Waals surface area contributed by atoms with Gasteiger partial charge in [0.15, 0.2) is 17.5 Å². The van der Waals surface area contributed by atoms with Crippen LogP contribution in [0.15, 0.2) is 12.1 Å². The molecule has 1 aliphatic rings. The van der Waals surface area contributed by atoms with Crippen LogP contribution in [0, 0.1) is 17.5 Å². The summed E-state index contributed by atoms with van der Waals surface area (Å²) in [6.45, 7) is 3.40. The Morgan fingerprint density at radius 1 is 1.14 bits per heavy atom. The van der Waals surface area contributed by atoms with Crippen LogP contribution >= 0.6 is 0 Å². The molecule has 0 unspecified atom stereocenters. The first kappa shape index (κ1) is 16.1. The molecule has 0 saturated carbocycles. The third-order valence-electron chi connectivity index (χ3n) is 3.14. The summed E-state index contributed by atoms with van der Waals surface area (Å²) in [6, 6.07) is 1.22. The maximum Gasteiger partial charge on any atom is 0.233 e. The summed E-state index contributed by atoms with van der Waals surface area (Å²) in [5.41, 5.74) is -0.327. The van der Waals surface area contributed by atoms with E-state index in [4.69, 9.17) is 0 Å². The van der Waals surface area contributed by atoms with Crippen molar-refractivity contribution < 1.29 is 21.6 Å². The van der Waals surface area contributed by atoms with Crippen LogP contribution in [-0.4, -0.2) is 51.8 Å². The Labute approximate surface area is 121 Å². The first-order valence-corrected chi connectivity index (χ1v) is 8.11. The second-order valence-corrected chi connectivity index (χ2v) is 6.61. The summed E-state index contributed by atoms with van der Waals surface area (Å²) in [5.74, 6) is -4.70. The van der Waals surface area contributed by atoms with Crippen LogP contribution in [0.5, 0.6) is 0 Å². The lowest BCUT2D eigenvalue weighted by atomic mass is 10.3. The van der Waals surface area contributed by atoms with Crippen LogP contribution in [-0.2, 0) is 10.0 Å². The van der Waals surface area contributed by atoms with E-state index in [1.807, 2.05) is 9.62 Å². The van der Waals surface area contributed by atoms with Gasteiger partial charge >= 0.3 is 0 Å². The van der Waals surface area contributed by atoms with Crippen LogP contribution < -0.4 is 10.0 Å². The molecule has 0 aliphatic carbocycles. The van der Waals surface area contributed by atoms with E-state index >= 15 is 0 Å². The predicted octanol–water partition coefficient (Wildman–Crippen LogP) is 0.751. The lowest BCUT2D eigenvalue weighted by molar-refractivity contribution is 0.254. The molecule has 0 atom stereocenters. The van der Waals surface area contributed by atoms with Crippen molar-refractivity contribution in [2.45, 2.75) is 0 Å². The van der Waals surface area contributed by atoms with Gasteiger partial charge in [0.1, 0.15) is 0 Å². The molecule has 21 heavy (non-hydrogen) atoms. The average molecular weight is 323 g/mol. The molecule has 5 nitrogen and oxygen atoms in total. The highest BCUT2D eigenvalue weighted by Gasteiger charge is 2.17. The normalized spacial score (nSPS) is 16.9. The van der Waals surface area contributed by atoms with Crippen molar-refractivity contribution in [3.63, 3.8) is 0 Å². The third kappa shape index (κ3) is 4.58. The Morgan fingerprint density at radius 3 is 2.29 bits per heavy atom. The van der Waals surface area contributed by atoms with Crippen molar-refractivity contribution in [3.05, 3.63) is 29.6 Å². The van der Waals surface area contributed by atoms with E-state index in [0.717, 1.165) is 26.2 Å². The van der Waals surface area contributed by atoms with Gasteiger partial charge in [0.25, 0.3) is 0 Å². The highest BCUT2D eigenvalue weighted by Crippen LogP contribution is 2.18. The van der Waals surface area contributed by atoms with E-state index in [-0.39, 0.29) is 11.4 Å². The number of halogens is 3. The molecule has 1 heterocycles. The standard InChI is InChI=1S/C12H16F3N3O2S/c13-10-7-9(8-11(14)12(10)15)17-21(19,20)6-5-18-3-1-16-2-4-18/h7-8,16-17H,1-6H2. The second kappa shape index (κ2) is 6.63. The Hall–Kier alpha value is -1.32. The molecule has 0 radical (unpaired) electrons. The molecule has 1 aliphatic heterocycles. The highest BCUT2D eigenvalue weighted by atomic mass is 32.2. The Kier molecular flexibility index (Phi) is 5.07. The minimum atomic E-state index is -3.75. The topological polar surface area (TPSA) is 61.4 Å². The van der Waals surface area contributed by atoms with Gasteiger partial charge in [-0.2, -0.15) is 0 Å². The molecular formula is C12H16F3N3O2S. The first-order valence-electron chi connectivity index (χ1n) is 6.45. The maximum atomic E-state index is 13.0. The molecule has 1 aromatic carbocycles. The molecular weight excluding hydrogens is 307 g/mol. The van der Waals surface area contributed by atoms with E-state index in [0.29, 0.717) is 18.7 Å². The molecule has 1 fully saturated rings. The molecule has 2 rings (SSSR count). The van der Waals surface area contributed by atoms with Gasteiger partial charge in [-0.1, -0.05) is 0 Å². The van der Waals surface area contributed by atoms with Gasteiger partial charge in [0, 0.05) is 44.9 Å². The average Bonchev–Trinajstić information content (AvgIpc) is 2.43. The quantitative estimate of drug-likeness (QED) is 0.785. The number of anilines is 1. The van der Waals surface area contributed by atoms with Crippen molar-refractivity contribution in [2.24, 2.45) is 0 Å². The van der Waals surface area contributed by atoms with Gasteiger partial charge in [0.2, 0.25) is 10.0 Å². The number of benzene rings is 1. The van der Waals surface area contributed by atoms with E-state index < -0.39 is 27.5 Å². The summed E-state index contributed by atoms with van der Waals surface area (Å²) >= 11 is 0. The van der Waals surface area contributed by atoms with Gasteiger partial charge < -0.3 is 5.32 Å². The smallest absolute Gasteiger partial charge is 0.233 e. The van der Waals surface area contributed by atoms with Gasteiger partial charge in [0.05, 0.1) is 11.4 Å². The lowest BCUT2D eigenvalue weighted by Crippen LogP contribution is -2.45. The van der Waals surface area contributed by atoms with Crippen LogP contribution in [0.4, 0.5) is 18.9 Å². The van der Waals surface area contributed by atoms with Crippen molar-refractivity contribution in [1.82, 2.24) is 10.2 Å². The Bertz CT molecular complexity index is 581. The predicted molar refractivity (Wildman–Crippen MR) is 73.0 cm³/mol. The monoisotopic (exact) mass is 323 g/mol.